The van der Waals surface area contributed by atoms with Gasteiger partial charge in [0.25, 0.3) is 0 Å². The summed E-state index contributed by atoms with van der Waals surface area (Å²) in [6, 6.07) is 8.02. The van der Waals surface area contributed by atoms with Gasteiger partial charge in [-0.2, -0.15) is 5.10 Å². The van der Waals surface area contributed by atoms with Crippen LogP contribution in [0.15, 0.2) is 42.9 Å². The first kappa shape index (κ1) is 12.3. The molecule has 4 rings (SSSR count). The third kappa shape index (κ3) is 2.23. The van der Waals surface area contributed by atoms with Crippen molar-refractivity contribution in [3.05, 3.63) is 42.9 Å². The first-order valence-corrected chi connectivity index (χ1v) is 7.13. The van der Waals surface area contributed by atoms with Crippen LogP contribution in [0.25, 0.3) is 16.7 Å². The van der Waals surface area contributed by atoms with Gasteiger partial charge < -0.3 is 10.2 Å². The Labute approximate surface area is 122 Å². The van der Waals surface area contributed by atoms with Crippen molar-refractivity contribution in [2.75, 3.05) is 31.1 Å². The van der Waals surface area contributed by atoms with Crippen LogP contribution in [0.4, 0.5) is 5.82 Å². The molecule has 6 nitrogen and oxygen atoms in total. The number of pyridine rings is 2. The van der Waals surface area contributed by atoms with Gasteiger partial charge in [0, 0.05) is 37.8 Å². The minimum atomic E-state index is 0.828. The van der Waals surface area contributed by atoms with Gasteiger partial charge in [-0.05, 0) is 18.2 Å². The molecule has 1 aliphatic heterocycles. The molecule has 0 saturated carbocycles. The maximum absolute atomic E-state index is 4.76. The molecule has 21 heavy (non-hydrogen) atoms. The van der Waals surface area contributed by atoms with E-state index in [0.717, 1.165) is 48.7 Å². The van der Waals surface area contributed by atoms with E-state index in [1.54, 1.807) is 6.20 Å². The third-order valence-electron chi connectivity index (χ3n) is 3.75. The smallest absolute Gasteiger partial charge is 0.156 e. The lowest BCUT2D eigenvalue weighted by Gasteiger charge is -2.28. The molecule has 3 aromatic heterocycles. The van der Waals surface area contributed by atoms with Gasteiger partial charge in [-0.3, -0.25) is 4.98 Å². The molecule has 1 N–H and O–H groups in total. The maximum atomic E-state index is 4.76. The van der Waals surface area contributed by atoms with Crippen molar-refractivity contribution in [2.24, 2.45) is 0 Å². The highest BCUT2D eigenvalue weighted by atomic mass is 15.3. The Morgan fingerprint density at radius 3 is 2.76 bits per heavy atom. The molecule has 4 heterocycles. The number of nitrogens with zero attached hydrogens (tertiary/aromatic N) is 5. The van der Waals surface area contributed by atoms with Crippen LogP contribution in [0.5, 0.6) is 0 Å². The Kier molecular flexibility index (Phi) is 3.01. The number of nitrogens with one attached hydrogen (secondary N) is 1. The molecule has 1 fully saturated rings. The second-order valence-corrected chi connectivity index (χ2v) is 5.08. The van der Waals surface area contributed by atoms with Gasteiger partial charge in [-0.15, -0.1) is 0 Å². The van der Waals surface area contributed by atoms with Crippen molar-refractivity contribution in [2.45, 2.75) is 0 Å². The highest BCUT2D eigenvalue weighted by molar-refractivity contribution is 5.78. The van der Waals surface area contributed by atoms with Crippen LogP contribution < -0.4 is 10.2 Å². The highest BCUT2D eigenvalue weighted by Gasteiger charge is 2.13. The highest BCUT2D eigenvalue weighted by Crippen LogP contribution is 2.18. The zero-order valence-electron chi connectivity index (χ0n) is 11.6. The van der Waals surface area contributed by atoms with E-state index >= 15 is 0 Å². The lowest BCUT2D eigenvalue weighted by molar-refractivity contribution is 0.584. The molecule has 0 spiro atoms. The number of fused-ring (bicyclic) bond motifs is 1. The molecule has 0 amide bonds. The van der Waals surface area contributed by atoms with Crippen LogP contribution in [0.1, 0.15) is 0 Å². The number of hydrogen-bond donors (Lipinski definition) is 1. The third-order valence-corrected chi connectivity index (χ3v) is 3.75. The van der Waals surface area contributed by atoms with E-state index in [2.05, 4.69) is 26.4 Å². The molecular weight excluding hydrogens is 264 g/mol. The number of rotatable bonds is 2. The zero-order chi connectivity index (χ0) is 14.1. The van der Waals surface area contributed by atoms with Crippen molar-refractivity contribution >= 4 is 16.7 Å². The minimum absolute atomic E-state index is 0.828. The van der Waals surface area contributed by atoms with Crippen LogP contribution in [0, 0.1) is 0 Å². The second kappa shape index (κ2) is 5.14. The van der Waals surface area contributed by atoms with E-state index in [9.17, 15) is 0 Å². The van der Waals surface area contributed by atoms with Crippen LogP contribution >= 0.6 is 0 Å². The fourth-order valence-electron chi connectivity index (χ4n) is 2.65. The van der Waals surface area contributed by atoms with Gasteiger partial charge >= 0.3 is 0 Å². The lowest BCUT2D eigenvalue weighted by atomic mass is 10.3. The Hall–Kier alpha value is -2.47. The summed E-state index contributed by atoms with van der Waals surface area (Å²) in [5, 5.41) is 8.86. The predicted molar refractivity (Wildman–Crippen MR) is 81.7 cm³/mol. The van der Waals surface area contributed by atoms with Gasteiger partial charge in [0.1, 0.15) is 5.82 Å². The van der Waals surface area contributed by atoms with E-state index in [1.807, 2.05) is 35.3 Å². The Balaban J connectivity index is 1.75. The van der Waals surface area contributed by atoms with E-state index < -0.39 is 0 Å². The van der Waals surface area contributed by atoms with E-state index in [-0.39, 0.29) is 0 Å². The van der Waals surface area contributed by atoms with Crippen LogP contribution in [-0.2, 0) is 0 Å². The molecule has 6 heteroatoms. The Bertz CT molecular complexity index is 759. The summed E-state index contributed by atoms with van der Waals surface area (Å²) in [7, 11) is 0. The standard InChI is InChI=1S/C15H16N6/c1-2-14(20-8-6-16-7-9-20)19-15(3-1)21-13-11-17-5-4-12(13)10-18-21/h1-5,10-11,16H,6-9H2. The summed E-state index contributed by atoms with van der Waals surface area (Å²) in [5.41, 5.74) is 0.975. The number of hydrogen-bond acceptors (Lipinski definition) is 5. The van der Waals surface area contributed by atoms with Crippen molar-refractivity contribution in [3.63, 3.8) is 0 Å². The summed E-state index contributed by atoms with van der Waals surface area (Å²) in [6.45, 7) is 3.97. The number of anilines is 1. The summed E-state index contributed by atoms with van der Waals surface area (Å²) < 4.78 is 1.84. The monoisotopic (exact) mass is 280 g/mol. The summed E-state index contributed by atoms with van der Waals surface area (Å²) in [5.74, 6) is 1.83. The first-order valence-electron chi connectivity index (χ1n) is 7.13. The first-order chi connectivity index (χ1) is 10.4. The predicted octanol–water partition coefficient (Wildman–Crippen LogP) is 1.23. The van der Waals surface area contributed by atoms with Crippen molar-refractivity contribution in [3.8, 4) is 5.82 Å². The maximum Gasteiger partial charge on any atom is 0.156 e. The summed E-state index contributed by atoms with van der Waals surface area (Å²) in [6.07, 6.45) is 5.44. The van der Waals surface area contributed by atoms with Gasteiger partial charge in [0.2, 0.25) is 0 Å². The van der Waals surface area contributed by atoms with E-state index in [4.69, 9.17) is 4.98 Å². The SMILES string of the molecule is c1cc(N2CCNCC2)nc(-n2ncc3ccncc32)c1. The second-order valence-electron chi connectivity index (χ2n) is 5.08. The zero-order valence-corrected chi connectivity index (χ0v) is 11.6. The molecular formula is C15H16N6. The lowest BCUT2D eigenvalue weighted by Crippen LogP contribution is -2.43. The number of piperazine rings is 1. The Morgan fingerprint density at radius 2 is 1.86 bits per heavy atom. The molecule has 0 aromatic carbocycles. The molecule has 106 valence electrons. The van der Waals surface area contributed by atoms with Crippen molar-refractivity contribution < 1.29 is 0 Å². The molecule has 0 atom stereocenters. The van der Waals surface area contributed by atoms with Crippen LogP contribution in [-0.4, -0.2) is 45.9 Å². The molecule has 0 radical (unpaired) electrons. The largest absolute Gasteiger partial charge is 0.354 e. The minimum Gasteiger partial charge on any atom is -0.354 e. The van der Waals surface area contributed by atoms with E-state index in [1.165, 1.54) is 0 Å². The average molecular weight is 280 g/mol. The van der Waals surface area contributed by atoms with Gasteiger partial charge in [-0.1, -0.05) is 6.07 Å². The molecule has 0 aliphatic carbocycles. The van der Waals surface area contributed by atoms with E-state index in [0.29, 0.717) is 0 Å². The number of aromatic nitrogens is 4. The fourth-order valence-corrected chi connectivity index (χ4v) is 2.65. The van der Waals surface area contributed by atoms with Gasteiger partial charge in [-0.25, -0.2) is 9.67 Å². The van der Waals surface area contributed by atoms with Crippen LogP contribution in [0.2, 0.25) is 0 Å². The Morgan fingerprint density at radius 1 is 1.00 bits per heavy atom. The normalized spacial score (nSPS) is 15.5. The van der Waals surface area contributed by atoms with Crippen molar-refractivity contribution in [1.29, 1.82) is 0 Å². The summed E-state index contributed by atoms with van der Waals surface area (Å²) in [4.78, 5) is 11.2. The molecule has 1 aliphatic rings. The molecule has 0 unspecified atom stereocenters. The molecule has 3 aromatic rings. The summed E-state index contributed by atoms with van der Waals surface area (Å²) >= 11 is 0. The van der Waals surface area contributed by atoms with Crippen LogP contribution in [0.3, 0.4) is 0 Å². The average Bonchev–Trinajstić information content (AvgIpc) is 3.00. The quantitative estimate of drug-likeness (QED) is 0.765. The fraction of sp³-hybridized carbons (Fsp3) is 0.267. The van der Waals surface area contributed by atoms with Gasteiger partial charge in [0.15, 0.2) is 5.82 Å². The van der Waals surface area contributed by atoms with Crippen molar-refractivity contribution in [1.82, 2.24) is 25.1 Å². The van der Waals surface area contributed by atoms with Gasteiger partial charge in [0.05, 0.1) is 17.9 Å². The molecule has 0 bridgehead atoms. The molecule has 1 saturated heterocycles. The topological polar surface area (TPSA) is 58.9 Å².